The Hall–Kier alpha value is -2.54. The monoisotopic (exact) mass is 374 g/mol. The van der Waals surface area contributed by atoms with Gasteiger partial charge in [-0.1, -0.05) is 18.2 Å². The molecule has 0 saturated carbocycles. The van der Waals surface area contributed by atoms with Crippen LogP contribution in [0.4, 0.5) is 11.4 Å². The number of para-hydroxylation sites is 1. The molecule has 3 rings (SSSR count). The second-order valence-electron chi connectivity index (χ2n) is 6.53. The van der Waals surface area contributed by atoms with Crippen molar-refractivity contribution in [3.8, 4) is 5.75 Å². The smallest absolute Gasteiger partial charge is 0.249 e. The van der Waals surface area contributed by atoms with E-state index in [9.17, 15) is 13.2 Å². The maximum atomic E-state index is 13.1. The van der Waals surface area contributed by atoms with Crippen molar-refractivity contribution in [2.45, 2.75) is 25.0 Å². The van der Waals surface area contributed by atoms with Gasteiger partial charge in [0.2, 0.25) is 15.9 Å². The van der Waals surface area contributed by atoms with Crippen LogP contribution in [-0.4, -0.2) is 32.7 Å². The fourth-order valence-electron chi connectivity index (χ4n) is 3.06. The van der Waals surface area contributed by atoms with E-state index in [-0.39, 0.29) is 13.0 Å². The first-order valence-corrected chi connectivity index (χ1v) is 9.77. The number of hydrogen-bond acceptors (Lipinski definition) is 4. The highest BCUT2D eigenvalue weighted by Gasteiger charge is 2.54. The maximum absolute atomic E-state index is 13.1. The van der Waals surface area contributed by atoms with Crippen molar-refractivity contribution in [3.63, 3.8) is 0 Å². The van der Waals surface area contributed by atoms with Crippen LogP contribution in [0.5, 0.6) is 5.75 Å². The van der Waals surface area contributed by atoms with Gasteiger partial charge in [0.15, 0.2) is 4.75 Å². The quantitative estimate of drug-likeness (QED) is 0.893. The number of hydrogen-bond donors (Lipinski definition) is 1. The summed E-state index contributed by atoms with van der Waals surface area (Å²) in [5.41, 5.74) is 1.95. The van der Waals surface area contributed by atoms with Gasteiger partial charge in [-0.2, -0.15) is 0 Å². The van der Waals surface area contributed by atoms with Crippen molar-refractivity contribution in [1.29, 1.82) is 0 Å². The van der Waals surface area contributed by atoms with Gasteiger partial charge in [-0.15, -0.1) is 0 Å². The fourth-order valence-corrected chi connectivity index (χ4v) is 4.91. The average molecular weight is 374 g/mol. The van der Waals surface area contributed by atoms with Crippen LogP contribution >= 0.6 is 0 Å². The predicted molar refractivity (Wildman–Crippen MR) is 102 cm³/mol. The summed E-state index contributed by atoms with van der Waals surface area (Å²) in [5.74, 6) is 0.152. The molecule has 1 amide bonds. The molecule has 0 aliphatic carbocycles. The third-order valence-corrected chi connectivity index (χ3v) is 7.36. The van der Waals surface area contributed by atoms with Gasteiger partial charge in [0.25, 0.3) is 0 Å². The third kappa shape index (κ3) is 2.92. The Kier molecular flexibility index (Phi) is 4.66. The number of aryl methyl sites for hydroxylation is 1. The molecule has 7 heteroatoms. The summed E-state index contributed by atoms with van der Waals surface area (Å²) in [7, 11) is -2.26. The molecule has 1 heterocycles. The molecule has 1 aliphatic rings. The number of rotatable bonds is 4. The lowest BCUT2D eigenvalue weighted by Gasteiger charge is -2.25. The number of carbonyl (C=O) groups is 1. The number of amides is 1. The van der Waals surface area contributed by atoms with E-state index >= 15 is 0 Å². The first-order chi connectivity index (χ1) is 12.3. The normalized spacial score (nSPS) is 21.4. The number of carbonyl (C=O) groups excluding carboxylic acids is 1. The van der Waals surface area contributed by atoms with Crippen LogP contribution in [0, 0.1) is 6.92 Å². The second-order valence-corrected chi connectivity index (χ2v) is 8.82. The van der Waals surface area contributed by atoms with E-state index in [0.29, 0.717) is 17.1 Å². The zero-order valence-electron chi connectivity index (χ0n) is 15.0. The standard InChI is InChI=1S/C19H22N2O4S/c1-14-13-16(25-3)9-10-17(14)20-18(22)19(2)11-12-21(26(19,23)24)15-7-5-4-6-8-15/h4-10,13H,11-12H2,1-3H3,(H,20,22)/t19-/m1/s1. The summed E-state index contributed by atoms with van der Waals surface area (Å²) < 4.78 is 31.1. The summed E-state index contributed by atoms with van der Waals surface area (Å²) in [6.07, 6.45) is 0.227. The van der Waals surface area contributed by atoms with E-state index in [0.717, 1.165) is 5.56 Å². The minimum Gasteiger partial charge on any atom is -0.497 e. The molecule has 1 aliphatic heterocycles. The largest absolute Gasteiger partial charge is 0.497 e. The zero-order chi connectivity index (χ0) is 18.9. The van der Waals surface area contributed by atoms with Crippen molar-refractivity contribution in [1.82, 2.24) is 0 Å². The van der Waals surface area contributed by atoms with E-state index in [4.69, 9.17) is 4.74 Å². The van der Waals surface area contributed by atoms with Gasteiger partial charge in [-0.3, -0.25) is 9.10 Å². The molecule has 26 heavy (non-hydrogen) atoms. The molecule has 1 fully saturated rings. The number of anilines is 2. The van der Waals surface area contributed by atoms with Crippen molar-refractivity contribution >= 4 is 27.3 Å². The number of nitrogens with one attached hydrogen (secondary N) is 1. The Labute approximate surface area is 153 Å². The highest BCUT2D eigenvalue weighted by Crippen LogP contribution is 2.37. The molecule has 0 spiro atoms. The van der Waals surface area contributed by atoms with Crippen molar-refractivity contribution < 1.29 is 17.9 Å². The van der Waals surface area contributed by atoms with Crippen LogP contribution in [0.1, 0.15) is 18.9 Å². The molecule has 2 aromatic rings. The number of ether oxygens (including phenoxy) is 1. The van der Waals surface area contributed by atoms with Crippen LogP contribution < -0.4 is 14.4 Å². The number of nitrogens with zero attached hydrogens (tertiary/aromatic N) is 1. The Balaban J connectivity index is 1.87. The van der Waals surface area contributed by atoms with E-state index < -0.39 is 20.7 Å². The zero-order valence-corrected chi connectivity index (χ0v) is 15.8. The van der Waals surface area contributed by atoms with Crippen LogP contribution in [0.25, 0.3) is 0 Å². The first-order valence-electron chi connectivity index (χ1n) is 8.33. The predicted octanol–water partition coefficient (Wildman–Crippen LogP) is 2.94. The minimum absolute atomic E-state index is 0.227. The van der Waals surface area contributed by atoms with Crippen LogP contribution in [0.15, 0.2) is 48.5 Å². The Morgan fingerprint density at radius 3 is 2.50 bits per heavy atom. The molecule has 0 unspecified atom stereocenters. The highest BCUT2D eigenvalue weighted by molar-refractivity contribution is 7.95. The van der Waals surface area contributed by atoms with Gasteiger partial charge in [-0.25, -0.2) is 8.42 Å². The number of sulfonamides is 1. The number of methoxy groups -OCH3 is 1. The van der Waals surface area contributed by atoms with E-state index in [2.05, 4.69) is 5.32 Å². The molecule has 1 atom stereocenters. The SMILES string of the molecule is COc1ccc(NC(=O)[C@@]2(C)CCN(c3ccccc3)S2(=O)=O)c(C)c1. The lowest BCUT2D eigenvalue weighted by atomic mass is 10.1. The lowest BCUT2D eigenvalue weighted by molar-refractivity contribution is -0.118. The molecular formula is C19H22N2O4S. The summed E-state index contributed by atoms with van der Waals surface area (Å²) in [6, 6.07) is 14.1. The van der Waals surface area contributed by atoms with Crippen molar-refractivity contribution in [2.75, 3.05) is 23.3 Å². The summed E-state index contributed by atoms with van der Waals surface area (Å²) in [5, 5.41) is 2.77. The molecule has 0 aromatic heterocycles. The maximum Gasteiger partial charge on any atom is 0.249 e. The Bertz CT molecular complexity index is 928. The highest BCUT2D eigenvalue weighted by atomic mass is 32.2. The molecule has 1 saturated heterocycles. The molecule has 6 nitrogen and oxygen atoms in total. The van der Waals surface area contributed by atoms with E-state index in [1.807, 2.05) is 13.0 Å². The van der Waals surface area contributed by atoms with Crippen LogP contribution in [0.2, 0.25) is 0 Å². The Morgan fingerprint density at radius 2 is 1.88 bits per heavy atom. The summed E-state index contributed by atoms with van der Waals surface area (Å²) in [4.78, 5) is 12.9. The van der Waals surface area contributed by atoms with Gasteiger partial charge in [0, 0.05) is 12.2 Å². The van der Waals surface area contributed by atoms with Crippen LogP contribution in [0.3, 0.4) is 0 Å². The molecule has 0 radical (unpaired) electrons. The lowest BCUT2D eigenvalue weighted by Crippen LogP contribution is -2.47. The molecule has 0 bridgehead atoms. The van der Waals surface area contributed by atoms with Gasteiger partial charge in [0.05, 0.1) is 12.8 Å². The van der Waals surface area contributed by atoms with Gasteiger partial charge >= 0.3 is 0 Å². The topological polar surface area (TPSA) is 75.7 Å². The number of benzene rings is 2. The van der Waals surface area contributed by atoms with E-state index in [1.54, 1.807) is 49.6 Å². The van der Waals surface area contributed by atoms with Gasteiger partial charge in [0.1, 0.15) is 5.75 Å². The molecular weight excluding hydrogens is 352 g/mol. The first kappa shape index (κ1) is 18.3. The van der Waals surface area contributed by atoms with Gasteiger partial charge in [-0.05, 0) is 56.2 Å². The van der Waals surface area contributed by atoms with E-state index in [1.165, 1.54) is 11.2 Å². The van der Waals surface area contributed by atoms with Crippen molar-refractivity contribution in [2.24, 2.45) is 0 Å². The average Bonchev–Trinajstić information content (AvgIpc) is 2.88. The summed E-state index contributed by atoms with van der Waals surface area (Å²) >= 11 is 0. The third-order valence-electron chi connectivity index (χ3n) is 4.86. The van der Waals surface area contributed by atoms with Gasteiger partial charge < -0.3 is 10.1 Å². The Morgan fingerprint density at radius 1 is 1.19 bits per heavy atom. The molecule has 2 aromatic carbocycles. The van der Waals surface area contributed by atoms with Crippen LogP contribution in [-0.2, 0) is 14.8 Å². The fraction of sp³-hybridized carbons (Fsp3) is 0.316. The second kappa shape index (κ2) is 6.64. The minimum atomic E-state index is -3.83. The molecule has 138 valence electrons. The molecule has 1 N–H and O–H groups in total. The summed E-state index contributed by atoms with van der Waals surface area (Å²) in [6.45, 7) is 3.59. The van der Waals surface area contributed by atoms with Crippen molar-refractivity contribution in [3.05, 3.63) is 54.1 Å².